The third-order valence-electron chi connectivity index (χ3n) is 4.58. The summed E-state index contributed by atoms with van der Waals surface area (Å²) in [5.41, 5.74) is 1.29. The van der Waals surface area contributed by atoms with Gasteiger partial charge in [0.25, 0.3) is 0 Å². The van der Waals surface area contributed by atoms with Crippen LogP contribution in [0.3, 0.4) is 0 Å². The van der Waals surface area contributed by atoms with Crippen molar-refractivity contribution in [1.82, 2.24) is 25.3 Å². The van der Waals surface area contributed by atoms with Crippen molar-refractivity contribution in [3.05, 3.63) is 5.15 Å². The summed E-state index contributed by atoms with van der Waals surface area (Å²) in [4.78, 5) is 25.3. The van der Waals surface area contributed by atoms with E-state index in [1.54, 1.807) is 0 Å². The molecule has 0 saturated carbocycles. The maximum absolute atomic E-state index is 6.39. The maximum Gasteiger partial charge on any atom is 0.229 e. The number of aromatic nitrogens is 4. The summed E-state index contributed by atoms with van der Waals surface area (Å²) < 4.78 is 0. The van der Waals surface area contributed by atoms with Gasteiger partial charge in [-0.3, -0.25) is 0 Å². The summed E-state index contributed by atoms with van der Waals surface area (Å²) in [6.07, 6.45) is 0. The number of fused-ring (bicyclic) bond motifs is 1. The van der Waals surface area contributed by atoms with Gasteiger partial charge in [-0.25, -0.2) is 9.97 Å². The van der Waals surface area contributed by atoms with E-state index in [9.17, 15) is 0 Å². The fourth-order valence-electron chi connectivity index (χ4n) is 3.18. The monoisotopic (exact) mass is 394 g/mol. The highest BCUT2D eigenvalue weighted by molar-refractivity contribution is 7.99. The van der Waals surface area contributed by atoms with Crippen molar-refractivity contribution in [2.24, 2.45) is 0 Å². The smallest absolute Gasteiger partial charge is 0.229 e. The van der Waals surface area contributed by atoms with Crippen LogP contribution >= 0.6 is 23.4 Å². The van der Waals surface area contributed by atoms with Crippen LogP contribution in [0.2, 0.25) is 5.15 Å². The molecule has 0 atom stereocenters. The minimum atomic E-state index is 0.383. The zero-order valence-corrected chi connectivity index (χ0v) is 16.6. The van der Waals surface area contributed by atoms with E-state index in [-0.39, 0.29) is 0 Å². The van der Waals surface area contributed by atoms with Crippen molar-refractivity contribution in [2.45, 2.75) is 0 Å². The van der Waals surface area contributed by atoms with Crippen LogP contribution in [-0.2, 0) is 0 Å². The number of hydrogen-bond acceptors (Lipinski definition) is 9. The van der Waals surface area contributed by atoms with Crippen molar-refractivity contribution in [3.8, 4) is 0 Å². The van der Waals surface area contributed by atoms with Gasteiger partial charge in [0.15, 0.2) is 28.0 Å². The highest BCUT2D eigenvalue weighted by Crippen LogP contribution is 2.30. The first-order valence-corrected chi connectivity index (χ1v) is 10.4. The summed E-state index contributed by atoms with van der Waals surface area (Å²) in [5, 5.41) is 3.75. The van der Waals surface area contributed by atoms with E-state index in [0.717, 1.165) is 62.5 Å². The van der Waals surface area contributed by atoms with Crippen LogP contribution < -0.4 is 20.0 Å². The lowest BCUT2D eigenvalue weighted by atomic mass is 10.3. The molecule has 2 aliphatic heterocycles. The number of rotatable bonds is 3. The van der Waals surface area contributed by atoms with E-state index in [0.29, 0.717) is 22.1 Å². The molecule has 2 aromatic heterocycles. The Hall–Kier alpha value is -1.58. The van der Waals surface area contributed by atoms with Crippen molar-refractivity contribution in [3.63, 3.8) is 0 Å². The summed E-state index contributed by atoms with van der Waals surface area (Å²) >= 11 is 8.35. The molecule has 8 nitrogen and oxygen atoms in total. The first-order valence-electron chi connectivity index (χ1n) is 8.84. The number of piperazine rings is 1. The van der Waals surface area contributed by atoms with E-state index in [2.05, 4.69) is 20.1 Å². The van der Waals surface area contributed by atoms with Crippen LogP contribution in [0.15, 0.2) is 0 Å². The Balaban J connectivity index is 1.85. The molecular weight excluding hydrogens is 372 g/mol. The molecule has 1 N–H and O–H groups in total. The van der Waals surface area contributed by atoms with E-state index in [1.807, 2.05) is 30.8 Å². The largest absolute Gasteiger partial charge is 0.360 e. The average Bonchev–Trinajstić information content (AvgIpc) is 2.68. The lowest BCUT2D eigenvalue weighted by molar-refractivity contribution is 0.580. The molecule has 10 heteroatoms. The molecule has 2 fully saturated rings. The molecule has 140 valence electrons. The zero-order valence-electron chi connectivity index (χ0n) is 15.1. The van der Waals surface area contributed by atoms with Gasteiger partial charge in [-0.15, -0.1) is 0 Å². The summed E-state index contributed by atoms with van der Waals surface area (Å²) in [6, 6.07) is 0. The fraction of sp³-hybridized carbons (Fsp3) is 0.625. The van der Waals surface area contributed by atoms with Gasteiger partial charge in [0.2, 0.25) is 5.95 Å². The Kier molecular flexibility index (Phi) is 5.19. The Labute approximate surface area is 162 Å². The standard InChI is InChI=1S/C16H23ClN8S/c1-23(2)15-12(17)19-11-13(20-15)21-16(25-5-3-18-4-6-25)22-14(11)24-7-9-26-10-8-24/h18H,3-10H2,1-2H3. The molecule has 0 amide bonds. The van der Waals surface area contributed by atoms with Crippen LogP contribution in [0, 0.1) is 0 Å². The first kappa shape index (κ1) is 17.8. The molecule has 2 aromatic rings. The summed E-state index contributed by atoms with van der Waals surface area (Å²) in [6.45, 7) is 5.56. The normalized spacial score (nSPS) is 18.4. The molecule has 0 aliphatic carbocycles. The molecule has 2 aliphatic rings. The van der Waals surface area contributed by atoms with E-state index < -0.39 is 0 Å². The Morgan fingerprint density at radius 1 is 0.962 bits per heavy atom. The molecule has 0 aromatic carbocycles. The number of halogens is 1. The van der Waals surface area contributed by atoms with Gasteiger partial charge in [0.05, 0.1) is 0 Å². The van der Waals surface area contributed by atoms with E-state index >= 15 is 0 Å². The third-order valence-corrected chi connectivity index (χ3v) is 5.77. The second-order valence-corrected chi connectivity index (χ2v) is 8.17. The summed E-state index contributed by atoms with van der Waals surface area (Å²) in [5.74, 6) is 4.39. The first-order chi connectivity index (χ1) is 12.6. The van der Waals surface area contributed by atoms with Gasteiger partial charge in [0.1, 0.15) is 0 Å². The van der Waals surface area contributed by atoms with Crippen LogP contribution in [0.25, 0.3) is 11.2 Å². The molecule has 4 rings (SSSR count). The molecule has 0 spiro atoms. The van der Waals surface area contributed by atoms with Gasteiger partial charge in [-0.2, -0.15) is 21.7 Å². The summed E-state index contributed by atoms with van der Waals surface area (Å²) in [7, 11) is 3.81. The Bertz CT molecular complexity index is 789. The SMILES string of the molecule is CN(C)c1nc2nc(N3CCNCC3)nc(N3CCSCC3)c2nc1Cl. The van der Waals surface area contributed by atoms with Gasteiger partial charge in [-0.05, 0) is 0 Å². The number of anilines is 3. The molecule has 0 radical (unpaired) electrons. The highest BCUT2D eigenvalue weighted by Gasteiger charge is 2.23. The quantitative estimate of drug-likeness (QED) is 0.823. The van der Waals surface area contributed by atoms with Gasteiger partial charge in [0, 0.05) is 64.9 Å². The molecule has 0 bridgehead atoms. The van der Waals surface area contributed by atoms with Crippen molar-refractivity contribution in [2.75, 3.05) is 79.6 Å². The van der Waals surface area contributed by atoms with Gasteiger partial charge in [-0.1, -0.05) is 11.6 Å². The van der Waals surface area contributed by atoms with Gasteiger partial charge < -0.3 is 20.0 Å². The zero-order chi connectivity index (χ0) is 18.1. The minimum Gasteiger partial charge on any atom is -0.360 e. The molecular formula is C16H23ClN8S. The fourth-order valence-corrected chi connectivity index (χ4v) is 4.38. The predicted molar refractivity (Wildman–Crippen MR) is 109 cm³/mol. The average molecular weight is 395 g/mol. The maximum atomic E-state index is 6.39. The highest BCUT2D eigenvalue weighted by atomic mass is 35.5. The topological polar surface area (TPSA) is 73.3 Å². The van der Waals surface area contributed by atoms with Crippen LogP contribution in [0.5, 0.6) is 0 Å². The molecule has 2 saturated heterocycles. The van der Waals surface area contributed by atoms with Crippen molar-refractivity contribution < 1.29 is 0 Å². The Morgan fingerprint density at radius 2 is 1.69 bits per heavy atom. The van der Waals surface area contributed by atoms with E-state index in [4.69, 9.17) is 26.6 Å². The second-order valence-electron chi connectivity index (χ2n) is 6.59. The van der Waals surface area contributed by atoms with Crippen molar-refractivity contribution in [1.29, 1.82) is 0 Å². The minimum absolute atomic E-state index is 0.383. The Morgan fingerprint density at radius 3 is 2.38 bits per heavy atom. The third kappa shape index (κ3) is 3.47. The van der Waals surface area contributed by atoms with E-state index in [1.165, 1.54) is 0 Å². The van der Waals surface area contributed by atoms with Crippen LogP contribution in [0.1, 0.15) is 0 Å². The lowest BCUT2D eigenvalue weighted by Gasteiger charge is -2.31. The number of thioether (sulfide) groups is 1. The van der Waals surface area contributed by atoms with Crippen LogP contribution in [-0.4, -0.2) is 84.8 Å². The van der Waals surface area contributed by atoms with Crippen LogP contribution in [0.4, 0.5) is 17.6 Å². The molecule has 0 unspecified atom stereocenters. The van der Waals surface area contributed by atoms with Gasteiger partial charge >= 0.3 is 0 Å². The lowest BCUT2D eigenvalue weighted by Crippen LogP contribution is -2.44. The molecule has 26 heavy (non-hydrogen) atoms. The predicted octanol–water partition coefficient (Wildman–Crippen LogP) is 1.10. The van der Waals surface area contributed by atoms with Crippen molar-refractivity contribution >= 4 is 52.1 Å². The second kappa shape index (κ2) is 7.58. The molecule has 4 heterocycles. The number of hydrogen-bond donors (Lipinski definition) is 1. The number of nitrogens with one attached hydrogen (secondary N) is 1. The number of nitrogens with zero attached hydrogens (tertiary/aromatic N) is 7.